The fourth-order valence-electron chi connectivity index (χ4n) is 1.83. The zero-order valence-corrected chi connectivity index (χ0v) is 11.6. The number of benzene rings is 1. The van der Waals surface area contributed by atoms with Gasteiger partial charge in [-0.1, -0.05) is 6.07 Å². The maximum atomic E-state index is 11.6. The SMILES string of the molecule is CC(C)(C)NC(=O)CNCc1ccc2c(c1)OCO2. The molecule has 1 amide bonds. The summed E-state index contributed by atoms with van der Waals surface area (Å²) in [6, 6.07) is 5.77. The van der Waals surface area contributed by atoms with Crippen molar-refractivity contribution < 1.29 is 14.3 Å². The van der Waals surface area contributed by atoms with Crippen LogP contribution in [0.3, 0.4) is 0 Å². The molecule has 1 aromatic rings. The first-order valence-electron chi connectivity index (χ1n) is 6.34. The summed E-state index contributed by atoms with van der Waals surface area (Å²) < 4.78 is 10.5. The Labute approximate surface area is 113 Å². The van der Waals surface area contributed by atoms with E-state index < -0.39 is 0 Å². The zero-order chi connectivity index (χ0) is 13.9. The van der Waals surface area contributed by atoms with E-state index in [2.05, 4.69) is 10.6 Å². The van der Waals surface area contributed by atoms with E-state index in [1.54, 1.807) is 0 Å². The van der Waals surface area contributed by atoms with Crippen molar-refractivity contribution in [2.75, 3.05) is 13.3 Å². The molecule has 0 bridgehead atoms. The van der Waals surface area contributed by atoms with E-state index in [4.69, 9.17) is 9.47 Å². The summed E-state index contributed by atoms with van der Waals surface area (Å²) in [5, 5.41) is 6.01. The maximum Gasteiger partial charge on any atom is 0.234 e. The van der Waals surface area contributed by atoms with Gasteiger partial charge in [0.25, 0.3) is 0 Å². The van der Waals surface area contributed by atoms with E-state index in [0.29, 0.717) is 13.1 Å². The van der Waals surface area contributed by atoms with Gasteiger partial charge in [-0.25, -0.2) is 0 Å². The molecule has 0 aromatic heterocycles. The van der Waals surface area contributed by atoms with Gasteiger partial charge in [0.1, 0.15) is 0 Å². The Bertz CT molecular complexity index is 466. The van der Waals surface area contributed by atoms with Gasteiger partial charge in [-0.05, 0) is 38.5 Å². The van der Waals surface area contributed by atoms with Crippen molar-refractivity contribution in [2.24, 2.45) is 0 Å². The molecule has 2 N–H and O–H groups in total. The number of nitrogens with one attached hydrogen (secondary N) is 2. The van der Waals surface area contributed by atoms with Crippen molar-refractivity contribution in [3.63, 3.8) is 0 Å². The van der Waals surface area contributed by atoms with Crippen molar-refractivity contribution in [3.05, 3.63) is 23.8 Å². The van der Waals surface area contributed by atoms with Crippen LogP contribution < -0.4 is 20.1 Å². The molecule has 0 radical (unpaired) electrons. The number of ether oxygens (including phenoxy) is 2. The van der Waals surface area contributed by atoms with Gasteiger partial charge in [0.2, 0.25) is 12.7 Å². The molecule has 0 unspecified atom stereocenters. The van der Waals surface area contributed by atoms with Crippen LogP contribution in [0.5, 0.6) is 11.5 Å². The van der Waals surface area contributed by atoms with E-state index in [0.717, 1.165) is 17.1 Å². The Balaban J connectivity index is 1.78. The third-order valence-corrected chi connectivity index (χ3v) is 2.57. The molecule has 1 heterocycles. The summed E-state index contributed by atoms with van der Waals surface area (Å²) in [6.07, 6.45) is 0. The fraction of sp³-hybridized carbons (Fsp3) is 0.500. The quantitative estimate of drug-likeness (QED) is 0.863. The highest BCUT2D eigenvalue weighted by Gasteiger charge is 2.14. The number of rotatable bonds is 4. The standard InChI is InChI=1S/C14H20N2O3/c1-14(2,3)16-13(17)8-15-7-10-4-5-11-12(6-10)19-9-18-11/h4-6,15H,7-9H2,1-3H3,(H,16,17). The molecule has 19 heavy (non-hydrogen) atoms. The normalized spacial score (nSPS) is 13.4. The average Bonchev–Trinajstić information content (AvgIpc) is 2.73. The molecule has 1 aliphatic rings. The highest BCUT2D eigenvalue weighted by atomic mass is 16.7. The van der Waals surface area contributed by atoms with Crippen LogP contribution in [0.2, 0.25) is 0 Å². The largest absolute Gasteiger partial charge is 0.454 e. The van der Waals surface area contributed by atoms with Gasteiger partial charge < -0.3 is 20.1 Å². The first-order chi connectivity index (χ1) is 8.94. The van der Waals surface area contributed by atoms with Crippen LogP contribution in [0.15, 0.2) is 18.2 Å². The first kappa shape index (κ1) is 13.7. The molecule has 2 rings (SSSR count). The van der Waals surface area contributed by atoms with Crippen LogP contribution in [0.25, 0.3) is 0 Å². The van der Waals surface area contributed by atoms with Gasteiger partial charge in [-0.3, -0.25) is 4.79 Å². The molecular formula is C14H20N2O3. The van der Waals surface area contributed by atoms with E-state index in [1.165, 1.54) is 0 Å². The van der Waals surface area contributed by atoms with Crippen molar-refractivity contribution >= 4 is 5.91 Å². The van der Waals surface area contributed by atoms with Crippen molar-refractivity contribution in [2.45, 2.75) is 32.9 Å². The predicted molar refractivity (Wildman–Crippen MR) is 72.2 cm³/mol. The van der Waals surface area contributed by atoms with Crippen LogP contribution in [0.1, 0.15) is 26.3 Å². The minimum Gasteiger partial charge on any atom is -0.454 e. The second-order valence-corrected chi connectivity index (χ2v) is 5.59. The van der Waals surface area contributed by atoms with Crippen LogP contribution in [0, 0.1) is 0 Å². The molecule has 104 valence electrons. The molecule has 0 spiro atoms. The highest BCUT2D eigenvalue weighted by Crippen LogP contribution is 2.32. The van der Waals surface area contributed by atoms with E-state index in [1.807, 2.05) is 39.0 Å². The number of hydrogen-bond donors (Lipinski definition) is 2. The molecule has 0 saturated heterocycles. The summed E-state index contributed by atoms with van der Waals surface area (Å²) in [7, 11) is 0. The monoisotopic (exact) mass is 264 g/mol. The molecule has 5 nitrogen and oxygen atoms in total. The van der Waals surface area contributed by atoms with Gasteiger partial charge in [-0.15, -0.1) is 0 Å². The van der Waals surface area contributed by atoms with Crippen LogP contribution in [0.4, 0.5) is 0 Å². The molecular weight excluding hydrogens is 244 g/mol. The minimum absolute atomic E-state index is 0.00626. The highest BCUT2D eigenvalue weighted by molar-refractivity contribution is 5.78. The Kier molecular flexibility index (Phi) is 3.95. The lowest BCUT2D eigenvalue weighted by Crippen LogP contribution is -2.44. The number of carbonyl (C=O) groups is 1. The molecule has 5 heteroatoms. The lowest BCUT2D eigenvalue weighted by molar-refractivity contribution is -0.121. The van der Waals surface area contributed by atoms with Crippen LogP contribution in [-0.2, 0) is 11.3 Å². The third kappa shape index (κ3) is 4.13. The summed E-state index contributed by atoms with van der Waals surface area (Å²) in [5.41, 5.74) is 0.866. The molecule has 1 aliphatic heterocycles. The summed E-state index contributed by atoms with van der Waals surface area (Å²) in [5.74, 6) is 1.53. The van der Waals surface area contributed by atoms with Gasteiger partial charge in [0, 0.05) is 12.1 Å². The lowest BCUT2D eigenvalue weighted by atomic mass is 10.1. The zero-order valence-electron chi connectivity index (χ0n) is 11.6. The minimum atomic E-state index is -0.197. The summed E-state index contributed by atoms with van der Waals surface area (Å²) in [4.78, 5) is 11.6. The number of amides is 1. The molecule has 0 atom stereocenters. The van der Waals surface area contributed by atoms with Crippen molar-refractivity contribution in [1.29, 1.82) is 0 Å². The Morgan fingerprint density at radius 3 is 2.74 bits per heavy atom. The Hall–Kier alpha value is -1.75. The number of hydrogen-bond acceptors (Lipinski definition) is 4. The molecule has 0 fully saturated rings. The van der Waals surface area contributed by atoms with Gasteiger partial charge >= 0.3 is 0 Å². The second-order valence-electron chi connectivity index (χ2n) is 5.59. The Morgan fingerprint density at radius 2 is 2.00 bits per heavy atom. The van der Waals surface area contributed by atoms with Gasteiger partial charge in [0.05, 0.1) is 6.54 Å². The number of fused-ring (bicyclic) bond motifs is 1. The fourth-order valence-corrected chi connectivity index (χ4v) is 1.83. The first-order valence-corrected chi connectivity index (χ1v) is 6.34. The van der Waals surface area contributed by atoms with Gasteiger partial charge in [0.15, 0.2) is 11.5 Å². The maximum absolute atomic E-state index is 11.6. The second kappa shape index (κ2) is 5.48. The smallest absolute Gasteiger partial charge is 0.234 e. The molecule has 0 saturated carbocycles. The topological polar surface area (TPSA) is 59.6 Å². The van der Waals surface area contributed by atoms with Crippen molar-refractivity contribution in [1.82, 2.24) is 10.6 Å². The molecule has 0 aliphatic carbocycles. The Morgan fingerprint density at radius 1 is 1.26 bits per heavy atom. The van der Waals surface area contributed by atoms with Crippen LogP contribution >= 0.6 is 0 Å². The third-order valence-electron chi connectivity index (χ3n) is 2.57. The molecule has 1 aromatic carbocycles. The van der Waals surface area contributed by atoms with Crippen molar-refractivity contribution in [3.8, 4) is 11.5 Å². The number of carbonyl (C=O) groups excluding carboxylic acids is 1. The lowest BCUT2D eigenvalue weighted by Gasteiger charge is -2.20. The average molecular weight is 264 g/mol. The van der Waals surface area contributed by atoms with E-state index in [9.17, 15) is 4.79 Å². The van der Waals surface area contributed by atoms with Gasteiger partial charge in [-0.2, -0.15) is 0 Å². The van der Waals surface area contributed by atoms with E-state index >= 15 is 0 Å². The summed E-state index contributed by atoms with van der Waals surface area (Å²) >= 11 is 0. The predicted octanol–water partition coefficient (Wildman–Crippen LogP) is 1.42. The summed E-state index contributed by atoms with van der Waals surface area (Å²) in [6.45, 7) is 7.08. The van der Waals surface area contributed by atoms with Crippen LogP contribution in [-0.4, -0.2) is 24.8 Å². The van der Waals surface area contributed by atoms with E-state index in [-0.39, 0.29) is 18.2 Å².